The highest BCUT2D eigenvalue weighted by atomic mass is 32.1. The van der Waals surface area contributed by atoms with Gasteiger partial charge in [0.05, 0.1) is 0 Å². The van der Waals surface area contributed by atoms with Gasteiger partial charge in [0.15, 0.2) is 5.13 Å². The summed E-state index contributed by atoms with van der Waals surface area (Å²) in [5.41, 5.74) is 4.69. The number of hydrogen-bond acceptors (Lipinski definition) is 6. The van der Waals surface area contributed by atoms with Gasteiger partial charge in [-0.05, 0) is 28.2 Å². The molecule has 3 N–H and O–H groups in total. The van der Waals surface area contributed by atoms with Crippen LogP contribution in [0.3, 0.4) is 0 Å². The Morgan fingerprint density at radius 2 is 1.73 bits per heavy atom. The summed E-state index contributed by atoms with van der Waals surface area (Å²) >= 11 is 1.11. The third-order valence-corrected chi connectivity index (χ3v) is 6.18. The summed E-state index contributed by atoms with van der Waals surface area (Å²) < 4.78 is 5.49. The number of thiazole rings is 1. The van der Waals surface area contributed by atoms with Crippen molar-refractivity contribution in [3.05, 3.63) is 70.7 Å². The van der Waals surface area contributed by atoms with E-state index in [9.17, 15) is 14.4 Å². The molecule has 2 amide bonds. The molecule has 4 rings (SSSR count). The zero-order valence-corrected chi connectivity index (χ0v) is 18.7. The number of hydrogen-bond donors (Lipinski definition) is 3. The monoisotopic (exact) mass is 465 g/mol. The molecule has 1 aliphatic rings. The number of carboxylic acid groups (broad SMARTS) is 1. The average molecular weight is 466 g/mol. The Morgan fingerprint density at radius 1 is 1.09 bits per heavy atom. The van der Waals surface area contributed by atoms with E-state index in [2.05, 4.69) is 27.8 Å². The van der Waals surface area contributed by atoms with E-state index in [0.717, 1.165) is 33.6 Å². The Balaban J connectivity index is 1.32. The van der Waals surface area contributed by atoms with Crippen LogP contribution in [0.5, 0.6) is 0 Å². The standard InChI is InChI=1S/C24H23N3O5S/c1-14(10-21(28)29)11-25-22(30)20-13-33-23(26-20)27-24(31)32-12-19-17-8-4-2-6-15(17)16-7-3-5-9-18(16)19/h2-9,13-14,19H,10-12H2,1H3,(H,25,30)(H,28,29)(H,26,27,31). The highest BCUT2D eigenvalue weighted by Gasteiger charge is 2.29. The van der Waals surface area contributed by atoms with Crippen molar-refractivity contribution < 1.29 is 24.2 Å². The van der Waals surface area contributed by atoms with Crippen LogP contribution in [0.2, 0.25) is 0 Å². The molecule has 1 aliphatic carbocycles. The molecule has 0 saturated heterocycles. The topological polar surface area (TPSA) is 118 Å². The largest absolute Gasteiger partial charge is 0.481 e. The summed E-state index contributed by atoms with van der Waals surface area (Å²) in [5, 5.41) is 15.8. The fourth-order valence-electron chi connectivity index (χ4n) is 3.88. The van der Waals surface area contributed by atoms with Crippen LogP contribution >= 0.6 is 11.3 Å². The summed E-state index contributed by atoms with van der Waals surface area (Å²) in [7, 11) is 0. The number of nitrogens with one attached hydrogen (secondary N) is 2. The van der Waals surface area contributed by atoms with Gasteiger partial charge in [-0.1, -0.05) is 55.5 Å². The number of benzene rings is 2. The second-order valence-electron chi connectivity index (χ2n) is 7.90. The molecule has 0 spiro atoms. The molecule has 9 heteroatoms. The number of ether oxygens (including phenoxy) is 1. The van der Waals surface area contributed by atoms with Crippen LogP contribution in [0.25, 0.3) is 11.1 Å². The fraction of sp³-hybridized carbons (Fsp3) is 0.250. The number of aliphatic carboxylic acids is 1. The molecular weight excluding hydrogens is 442 g/mol. The van der Waals surface area contributed by atoms with Crippen molar-refractivity contribution in [1.29, 1.82) is 0 Å². The van der Waals surface area contributed by atoms with E-state index in [4.69, 9.17) is 9.84 Å². The van der Waals surface area contributed by atoms with E-state index in [1.54, 1.807) is 6.92 Å². The lowest BCUT2D eigenvalue weighted by Crippen LogP contribution is -2.29. The number of amides is 2. The van der Waals surface area contributed by atoms with Gasteiger partial charge >= 0.3 is 12.1 Å². The molecular formula is C24H23N3O5S. The van der Waals surface area contributed by atoms with Gasteiger partial charge in [0.2, 0.25) is 0 Å². The van der Waals surface area contributed by atoms with Crippen LogP contribution in [-0.4, -0.2) is 41.2 Å². The molecule has 0 bridgehead atoms. The molecule has 1 heterocycles. The minimum Gasteiger partial charge on any atom is -0.481 e. The summed E-state index contributed by atoms with van der Waals surface area (Å²) in [4.78, 5) is 39.4. The zero-order chi connectivity index (χ0) is 23.4. The average Bonchev–Trinajstić information content (AvgIpc) is 3.38. The maximum Gasteiger partial charge on any atom is 0.413 e. The number of nitrogens with zero attached hydrogens (tertiary/aromatic N) is 1. The zero-order valence-electron chi connectivity index (χ0n) is 17.9. The number of aromatic nitrogens is 1. The number of carbonyl (C=O) groups excluding carboxylic acids is 2. The molecule has 0 radical (unpaired) electrons. The predicted octanol–water partition coefficient (Wildman–Crippen LogP) is 4.34. The minimum absolute atomic E-state index is 0.0358. The van der Waals surface area contributed by atoms with E-state index >= 15 is 0 Å². The van der Waals surface area contributed by atoms with Crippen molar-refractivity contribution in [2.75, 3.05) is 18.5 Å². The first-order valence-corrected chi connectivity index (χ1v) is 11.4. The Bertz CT molecular complexity index is 1150. The lowest BCUT2D eigenvalue weighted by atomic mass is 9.98. The van der Waals surface area contributed by atoms with Crippen LogP contribution in [0, 0.1) is 5.92 Å². The van der Waals surface area contributed by atoms with Crippen molar-refractivity contribution in [3.63, 3.8) is 0 Å². The summed E-state index contributed by atoms with van der Waals surface area (Å²) in [6.45, 7) is 2.14. The van der Waals surface area contributed by atoms with Crippen LogP contribution in [0.4, 0.5) is 9.93 Å². The number of fused-ring (bicyclic) bond motifs is 3. The maximum absolute atomic E-state index is 12.4. The quantitative estimate of drug-likeness (QED) is 0.455. The van der Waals surface area contributed by atoms with E-state index in [-0.39, 0.29) is 42.2 Å². The summed E-state index contributed by atoms with van der Waals surface area (Å²) in [6.07, 6.45) is -0.681. The SMILES string of the molecule is CC(CNC(=O)c1csc(NC(=O)OCC2c3ccccc3-c3ccccc32)n1)CC(=O)O. The molecule has 2 aromatic carbocycles. The molecule has 170 valence electrons. The molecule has 8 nitrogen and oxygen atoms in total. The molecule has 1 unspecified atom stereocenters. The van der Waals surface area contributed by atoms with Gasteiger partial charge in [0.1, 0.15) is 12.3 Å². The highest BCUT2D eigenvalue weighted by molar-refractivity contribution is 7.14. The van der Waals surface area contributed by atoms with Gasteiger partial charge < -0.3 is 15.2 Å². The number of carboxylic acids is 1. The van der Waals surface area contributed by atoms with Gasteiger partial charge in [-0.3, -0.25) is 14.9 Å². The van der Waals surface area contributed by atoms with Gasteiger partial charge in [0, 0.05) is 24.3 Å². The summed E-state index contributed by atoms with van der Waals surface area (Å²) in [6, 6.07) is 16.2. The molecule has 1 aromatic heterocycles. The van der Waals surface area contributed by atoms with E-state index in [1.165, 1.54) is 5.38 Å². The van der Waals surface area contributed by atoms with Crippen LogP contribution < -0.4 is 10.6 Å². The molecule has 0 saturated carbocycles. The van der Waals surface area contributed by atoms with Crippen molar-refractivity contribution in [2.24, 2.45) is 5.92 Å². The smallest absolute Gasteiger partial charge is 0.413 e. The molecule has 33 heavy (non-hydrogen) atoms. The van der Waals surface area contributed by atoms with Crippen LogP contribution in [-0.2, 0) is 9.53 Å². The van der Waals surface area contributed by atoms with Crippen molar-refractivity contribution in [1.82, 2.24) is 10.3 Å². The second kappa shape index (κ2) is 9.83. The third-order valence-electron chi connectivity index (χ3n) is 5.42. The first-order valence-electron chi connectivity index (χ1n) is 10.5. The normalized spacial score (nSPS) is 13.0. The van der Waals surface area contributed by atoms with Gasteiger partial charge in [-0.2, -0.15) is 0 Å². The van der Waals surface area contributed by atoms with E-state index < -0.39 is 18.0 Å². The van der Waals surface area contributed by atoms with E-state index in [1.807, 2.05) is 36.4 Å². The summed E-state index contributed by atoms with van der Waals surface area (Å²) in [5.74, 6) is -1.60. The Morgan fingerprint density at radius 3 is 2.36 bits per heavy atom. The minimum atomic E-state index is -0.917. The first-order chi connectivity index (χ1) is 15.9. The van der Waals surface area contributed by atoms with E-state index in [0.29, 0.717) is 0 Å². The maximum atomic E-state index is 12.4. The molecule has 1 atom stereocenters. The number of carbonyl (C=O) groups is 3. The van der Waals surface area contributed by atoms with Gasteiger partial charge in [0.25, 0.3) is 5.91 Å². The van der Waals surface area contributed by atoms with Crippen molar-refractivity contribution >= 4 is 34.4 Å². The Labute approximate surface area is 194 Å². The molecule has 3 aromatic rings. The molecule has 0 aliphatic heterocycles. The predicted molar refractivity (Wildman–Crippen MR) is 125 cm³/mol. The number of anilines is 1. The number of rotatable bonds is 8. The van der Waals surface area contributed by atoms with Gasteiger partial charge in [-0.25, -0.2) is 9.78 Å². The third kappa shape index (κ3) is 5.20. The van der Waals surface area contributed by atoms with Crippen LogP contribution in [0.15, 0.2) is 53.9 Å². The lowest BCUT2D eigenvalue weighted by molar-refractivity contribution is -0.137. The lowest BCUT2D eigenvalue weighted by Gasteiger charge is -2.14. The Hall–Kier alpha value is -3.72. The second-order valence-corrected chi connectivity index (χ2v) is 8.76. The van der Waals surface area contributed by atoms with Gasteiger partial charge in [-0.15, -0.1) is 11.3 Å². The first kappa shape index (κ1) is 22.5. The molecule has 0 fully saturated rings. The Kier molecular flexibility index (Phi) is 6.69. The fourth-order valence-corrected chi connectivity index (χ4v) is 4.56. The van der Waals surface area contributed by atoms with Crippen molar-refractivity contribution in [2.45, 2.75) is 19.3 Å². The van der Waals surface area contributed by atoms with Crippen molar-refractivity contribution in [3.8, 4) is 11.1 Å². The van der Waals surface area contributed by atoms with Crippen LogP contribution in [0.1, 0.15) is 40.9 Å². The highest BCUT2D eigenvalue weighted by Crippen LogP contribution is 2.44.